The van der Waals surface area contributed by atoms with Crippen LogP contribution in [0.2, 0.25) is 0 Å². The third-order valence-corrected chi connectivity index (χ3v) is 5.29. The van der Waals surface area contributed by atoms with Crippen LogP contribution in [0, 0.1) is 0 Å². The number of benzene rings is 2. The summed E-state index contributed by atoms with van der Waals surface area (Å²) in [5.41, 5.74) is 3.65. The summed E-state index contributed by atoms with van der Waals surface area (Å²) in [6.07, 6.45) is 8.38. The van der Waals surface area contributed by atoms with Gasteiger partial charge in [-0.05, 0) is 37.3 Å². The van der Waals surface area contributed by atoms with Gasteiger partial charge in [-0.25, -0.2) is 0 Å². The predicted molar refractivity (Wildman–Crippen MR) is 120 cm³/mol. The largest absolute Gasteiger partial charge is 0.336 e. The van der Waals surface area contributed by atoms with Crippen LogP contribution >= 0.6 is 0 Å². The van der Waals surface area contributed by atoms with E-state index in [0.717, 1.165) is 24.9 Å². The third kappa shape index (κ3) is 7.34. The Morgan fingerprint density at radius 2 is 1.61 bits per heavy atom. The minimum Gasteiger partial charge on any atom is -0.336 e. The van der Waals surface area contributed by atoms with Gasteiger partial charge in [0.05, 0.1) is 6.42 Å². The lowest BCUT2D eigenvalue weighted by molar-refractivity contribution is -0.132. The van der Waals surface area contributed by atoms with Crippen molar-refractivity contribution in [2.45, 2.75) is 65.3 Å². The van der Waals surface area contributed by atoms with Crippen molar-refractivity contribution in [3.63, 3.8) is 0 Å². The number of carbonyl (C=O) groups excluding carboxylic acids is 1. The molecule has 2 aromatic rings. The molecule has 0 N–H and O–H groups in total. The van der Waals surface area contributed by atoms with Crippen molar-refractivity contribution in [1.29, 1.82) is 0 Å². The second-order valence-electron chi connectivity index (χ2n) is 7.61. The first-order chi connectivity index (χ1) is 13.6. The van der Waals surface area contributed by atoms with E-state index in [-0.39, 0.29) is 11.9 Å². The van der Waals surface area contributed by atoms with Crippen molar-refractivity contribution in [1.82, 2.24) is 4.90 Å². The van der Waals surface area contributed by atoms with Gasteiger partial charge in [0.1, 0.15) is 0 Å². The molecule has 0 bridgehead atoms. The SMILES string of the molecule is CCCCC/C(=C\c1ccccc1)CN(C(=O)Cc1ccccc1)C(C)CC. The van der Waals surface area contributed by atoms with E-state index in [9.17, 15) is 4.79 Å². The van der Waals surface area contributed by atoms with E-state index in [0.29, 0.717) is 6.42 Å². The highest BCUT2D eigenvalue weighted by Gasteiger charge is 2.20. The normalized spacial score (nSPS) is 12.6. The topological polar surface area (TPSA) is 20.3 Å². The third-order valence-electron chi connectivity index (χ3n) is 5.29. The van der Waals surface area contributed by atoms with Crippen LogP contribution in [0.4, 0.5) is 0 Å². The molecule has 0 heterocycles. The fourth-order valence-electron chi connectivity index (χ4n) is 3.38. The van der Waals surface area contributed by atoms with Gasteiger partial charge in [0.2, 0.25) is 5.91 Å². The molecular weight excluding hydrogens is 342 g/mol. The fourth-order valence-corrected chi connectivity index (χ4v) is 3.38. The van der Waals surface area contributed by atoms with Gasteiger partial charge in [-0.15, -0.1) is 0 Å². The highest BCUT2D eigenvalue weighted by Crippen LogP contribution is 2.18. The first-order valence-electron chi connectivity index (χ1n) is 10.7. The minimum absolute atomic E-state index is 0.218. The standard InChI is InChI=1S/C26H35NO/c1-4-6-9-18-25(19-23-14-10-7-11-15-23)21-27(22(3)5-2)26(28)20-24-16-12-8-13-17-24/h7-8,10-17,19,22H,4-6,9,18,20-21H2,1-3H3/b25-19+. The molecule has 1 amide bonds. The van der Waals surface area contributed by atoms with E-state index >= 15 is 0 Å². The van der Waals surface area contributed by atoms with Gasteiger partial charge in [-0.2, -0.15) is 0 Å². The molecule has 0 saturated carbocycles. The van der Waals surface area contributed by atoms with Gasteiger partial charge in [0.15, 0.2) is 0 Å². The monoisotopic (exact) mass is 377 g/mol. The van der Waals surface area contributed by atoms with Gasteiger partial charge < -0.3 is 4.90 Å². The van der Waals surface area contributed by atoms with Gasteiger partial charge in [0.25, 0.3) is 0 Å². The van der Waals surface area contributed by atoms with Crippen LogP contribution < -0.4 is 0 Å². The van der Waals surface area contributed by atoms with Crippen LogP contribution in [0.1, 0.15) is 64.0 Å². The number of rotatable bonds is 11. The Bertz CT molecular complexity index is 721. The molecule has 2 nitrogen and oxygen atoms in total. The first kappa shape index (κ1) is 21.9. The summed E-state index contributed by atoms with van der Waals surface area (Å²) < 4.78 is 0. The maximum Gasteiger partial charge on any atom is 0.227 e. The Balaban J connectivity index is 2.18. The van der Waals surface area contributed by atoms with Crippen molar-refractivity contribution >= 4 is 12.0 Å². The molecule has 2 aromatic carbocycles. The van der Waals surface area contributed by atoms with E-state index < -0.39 is 0 Å². The van der Waals surface area contributed by atoms with Crippen LogP contribution in [0.15, 0.2) is 66.2 Å². The molecule has 150 valence electrons. The molecule has 0 saturated heterocycles. The Hall–Kier alpha value is -2.35. The van der Waals surface area contributed by atoms with Crippen molar-refractivity contribution in [3.8, 4) is 0 Å². The molecule has 0 radical (unpaired) electrons. The number of hydrogen-bond donors (Lipinski definition) is 0. The van der Waals surface area contributed by atoms with E-state index in [1.54, 1.807) is 0 Å². The molecule has 0 aliphatic heterocycles. The Morgan fingerprint density at radius 3 is 2.21 bits per heavy atom. The molecule has 0 aromatic heterocycles. The molecule has 28 heavy (non-hydrogen) atoms. The van der Waals surface area contributed by atoms with E-state index in [2.05, 4.69) is 56.0 Å². The van der Waals surface area contributed by atoms with Crippen molar-refractivity contribution in [2.75, 3.05) is 6.54 Å². The first-order valence-corrected chi connectivity index (χ1v) is 10.7. The average molecular weight is 378 g/mol. The van der Waals surface area contributed by atoms with E-state index in [1.165, 1.54) is 30.4 Å². The second-order valence-corrected chi connectivity index (χ2v) is 7.61. The Kier molecular flexibility index (Phi) is 9.54. The van der Waals surface area contributed by atoms with Crippen molar-refractivity contribution in [2.24, 2.45) is 0 Å². The fraction of sp³-hybridized carbons (Fsp3) is 0.423. The molecular formula is C26H35NO. The zero-order chi connectivity index (χ0) is 20.2. The van der Waals surface area contributed by atoms with Gasteiger partial charge in [-0.3, -0.25) is 4.79 Å². The van der Waals surface area contributed by atoms with Crippen LogP contribution in [0.3, 0.4) is 0 Å². The lowest BCUT2D eigenvalue weighted by Crippen LogP contribution is -2.40. The highest BCUT2D eigenvalue weighted by atomic mass is 16.2. The summed E-state index contributed by atoms with van der Waals surface area (Å²) in [5, 5.41) is 0. The summed E-state index contributed by atoms with van der Waals surface area (Å²) in [7, 11) is 0. The molecule has 0 aliphatic carbocycles. The van der Waals surface area contributed by atoms with Crippen molar-refractivity contribution < 1.29 is 4.79 Å². The summed E-state index contributed by atoms with van der Waals surface area (Å²) in [4.78, 5) is 15.2. The lowest BCUT2D eigenvalue weighted by atomic mass is 10.0. The number of unbranched alkanes of at least 4 members (excludes halogenated alkanes) is 2. The molecule has 2 heteroatoms. The lowest BCUT2D eigenvalue weighted by Gasteiger charge is -2.30. The Morgan fingerprint density at radius 1 is 0.964 bits per heavy atom. The van der Waals surface area contributed by atoms with Gasteiger partial charge in [-0.1, -0.05) is 99.0 Å². The van der Waals surface area contributed by atoms with Gasteiger partial charge in [0, 0.05) is 12.6 Å². The van der Waals surface area contributed by atoms with Crippen molar-refractivity contribution in [3.05, 3.63) is 77.4 Å². The second kappa shape index (κ2) is 12.2. The quantitative estimate of drug-likeness (QED) is 0.408. The number of hydrogen-bond acceptors (Lipinski definition) is 1. The molecule has 1 atom stereocenters. The summed E-state index contributed by atoms with van der Waals surface area (Å²) >= 11 is 0. The molecule has 0 fully saturated rings. The maximum absolute atomic E-state index is 13.1. The molecule has 2 rings (SSSR count). The number of nitrogens with zero attached hydrogens (tertiary/aromatic N) is 1. The minimum atomic E-state index is 0.218. The molecule has 0 spiro atoms. The maximum atomic E-state index is 13.1. The van der Waals surface area contributed by atoms with E-state index in [4.69, 9.17) is 0 Å². The van der Waals surface area contributed by atoms with Crippen LogP contribution in [0.5, 0.6) is 0 Å². The van der Waals surface area contributed by atoms with Gasteiger partial charge >= 0.3 is 0 Å². The van der Waals surface area contributed by atoms with E-state index in [1.807, 2.05) is 36.4 Å². The van der Waals surface area contributed by atoms with Crippen LogP contribution in [-0.4, -0.2) is 23.4 Å². The molecule has 1 unspecified atom stereocenters. The van der Waals surface area contributed by atoms with Crippen LogP contribution in [-0.2, 0) is 11.2 Å². The Labute approximate surface area is 171 Å². The summed E-state index contributed by atoms with van der Waals surface area (Å²) in [6, 6.07) is 20.8. The zero-order valence-corrected chi connectivity index (χ0v) is 17.7. The highest BCUT2D eigenvalue weighted by molar-refractivity contribution is 5.79. The summed E-state index contributed by atoms with van der Waals surface area (Å²) in [5.74, 6) is 0.218. The van der Waals surface area contributed by atoms with Crippen LogP contribution in [0.25, 0.3) is 6.08 Å². The smallest absolute Gasteiger partial charge is 0.227 e. The number of carbonyl (C=O) groups is 1. The summed E-state index contributed by atoms with van der Waals surface area (Å²) in [6.45, 7) is 7.27. The number of amides is 1. The predicted octanol–water partition coefficient (Wildman–Crippen LogP) is 6.52. The average Bonchev–Trinajstić information content (AvgIpc) is 2.72. The molecule has 0 aliphatic rings. The zero-order valence-electron chi connectivity index (χ0n) is 17.7.